The Labute approximate surface area is 102 Å². The number of hydrogen-bond acceptors (Lipinski definition) is 4. The van der Waals surface area contributed by atoms with Crippen LogP contribution in [0.1, 0.15) is 32.4 Å². The summed E-state index contributed by atoms with van der Waals surface area (Å²) in [7, 11) is 0. The summed E-state index contributed by atoms with van der Waals surface area (Å²) >= 11 is 0. The molecule has 98 valence electrons. The number of ether oxygens (including phenoxy) is 1. The number of piperidine rings is 1. The zero-order chi connectivity index (χ0) is 12.7. The van der Waals surface area contributed by atoms with Gasteiger partial charge in [-0.15, -0.1) is 9.60 Å². The largest absolute Gasteiger partial charge is 0.475 e. The molecule has 17 heavy (non-hydrogen) atoms. The van der Waals surface area contributed by atoms with Gasteiger partial charge in [-0.1, -0.05) is 13.8 Å². The van der Waals surface area contributed by atoms with E-state index >= 15 is 0 Å². The van der Waals surface area contributed by atoms with Crippen LogP contribution in [-0.4, -0.2) is 30.0 Å². The zero-order valence-corrected chi connectivity index (χ0v) is 10.8. The normalized spacial score (nSPS) is 17.4. The third-order valence-electron chi connectivity index (χ3n) is 2.63. The first-order valence-corrected chi connectivity index (χ1v) is 6.21. The first-order valence-electron chi connectivity index (χ1n) is 6.21. The second kappa shape index (κ2) is 7.27. The lowest BCUT2D eigenvalue weighted by Crippen LogP contribution is -2.30. The summed E-state index contributed by atoms with van der Waals surface area (Å²) in [6, 6.07) is 1.75. The van der Waals surface area contributed by atoms with E-state index in [2.05, 4.69) is 5.16 Å². The Balaban J connectivity index is 0.000000686. The number of aryl methyl sites for hydroxylation is 1. The molecule has 0 atom stereocenters. The summed E-state index contributed by atoms with van der Waals surface area (Å²) in [6.45, 7) is 7.43. The van der Waals surface area contributed by atoms with Gasteiger partial charge in [0.05, 0.1) is 6.61 Å². The van der Waals surface area contributed by atoms with E-state index in [9.17, 15) is 4.48 Å². The zero-order valence-electron chi connectivity index (χ0n) is 10.8. The predicted octanol–water partition coefficient (Wildman–Crippen LogP) is 2.98. The number of rotatable bonds is 3. The van der Waals surface area contributed by atoms with Crippen molar-refractivity contribution in [3.05, 3.63) is 11.8 Å². The molecule has 0 aliphatic carbocycles. The highest BCUT2D eigenvalue weighted by Gasteiger charge is 2.19. The highest BCUT2D eigenvalue weighted by atomic mass is 19.2. The standard InChI is InChI=1S/C10H15FN2O2.C2H6/c1-8-6-10(12-15-8)14-7-9-2-4-13(11)5-3-9;1-2/h6,9H,2-5,7H2,1H3;1-2H3. The minimum Gasteiger partial charge on any atom is -0.475 e. The topological polar surface area (TPSA) is 38.5 Å². The van der Waals surface area contributed by atoms with E-state index < -0.39 is 0 Å². The highest BCUT2D eigenvalue weighted by molar-refractivity contribution is 5.09. The third kappa shape index (κ3) is 4.73. The van der Waals surface area contributed by atoms with Gasteiger partial charge in [-0.2, -0.15) is 0 Å². The van der Waals surface area contributed by atoms with Crippen LogP contribution in [0.2, 0.25) is 0 Å². The highest BCUT2D eigenvalue weighted by Crippen LogP contribution is 2.19. The van der Waals surface area contributed by atoms with Gasteiger partial charge in [0.15, 0.2) is 0 Å². The van der Waals surface area contributed by atoms with Gasteiger partial charge in [-0.3, -0.25) is 0 Å². The molecule has 1 saturated heterocycles. The summed E-state index contributed by atoms with van der Waals surface area (Å²) in [5.41, 5.74) is 0. The van der Waals surface area contributed by atoms with Crippen molar-refractivity contribution in [1.82, 2.24) is 10.3 Å². The van der Waals surface area contributed by atoms with Gasteiger partial charge in [0.2, 0.25) is 0 Å². The number of nitrogens with zero attached hydrogens (tertiary/aromatic N) is 2. The van der Waals surface area contributed by atoms with Crippen LogP contribution in [0.25, 0.3) is 0 Å². The quantitative estimate of drug-likeness (QED) is 0.766. The molecule has 5 heteroatoms. The second-order valence-corrected chi connectivity index (χ2v) is 3.94. The van der Waals surface area contributed by atoms with Crippen LogP contribution in [0, 0.1) is 12.8 Å². The molecule has 0 saturated carbocycles. The molecule has 1 aliphatic rings. The van der Waals surface area contributed by atoms with Gasteiger partial charge < -0.3 is 9.26 Å². The minimum atomic E-state index is 0.425. The molecule has 0 radical (unpaired) electrons. The Kier molecular flexibility index (Phi) is 5.97. The van der Waals surface area contributed by atoms with Crippen molar-refractivity contribution < 1.29 is 13.7 Å². The van der Waals surface area contributed by atoms with E-state index in [1.54, 1.807) is 6.07 Å². The number of hydrogen-bond donors (Lipinski definition) is 0. The van der Waals surface area contributed by atoms with Gasteiger partial charge in [-0.25, -0.2) is 0 Å². The van der Waals surface area contributed by atoms with E-state index in [4.69, 9.17) is 9.26 Å². The molecule has 0 bridgehead atoms. The molecule has 1 aliphatic heterocycles. The molecular weight excluding hydrogens is 223 g/mol. The van der Waals surface area contributed by atoms with Crippen LogP contribution in [0.3, 0.4) is 0 Å². The average Bonchev–Trinajstić information content (AvgIpc) is 2.77. The van der Waals surface area contributed by atoms with E-state index in [1.807, 2.05) is 20.8 Å². The summed E-state index contributed by atoms with van der Waals surface area (Å²) in [4.78, 5) is 0. The van der Waals surface area contributed by atoms with Crippen LogP contribution in [0.5, 0.6) is 5.88 Å². The third-order valence-corrected chi connectivity index (χ3v) is 2.63. The van der Waals surface area contributed by atoms with E-state index in [-0.39, 0.29) is 0 Å². The lowest BCUT2D eigenvalue weighted by molar-refractivity contribution is -0.0151. The lowest BCUT2D eigenvalue weighted by Gasteiger charge is -2.25. The fraction of sp³-hybridized carbons (Fsp3) is 0.750. The van der Waals surface area contributed by atoms with Crippen molar-refractivity contribution in [3.8, 4) is 5.88 Å². The molecule has 2 heterocycles. The van der Waals surface area contributed by atoms with E-state index in [0.717, 1.165) is 23.7 Å². The molecule has 2 rings (SSSR count). The molecule has 0 spiro atoms. The minimum absolute atomic E-state index is 0.425. The van der Waals surface area contributed by atoms with Crippen LogP contribution in [0.4, 0.5) is 4.48 Å². The van der Waals surface area contributed by atoms with E-state index in [1.165, 1.54) is 0 Å². The fourth-order valence-electron chi connectivity index (χ4n) is 1.68. The van der Waals surface area contributed by atoms with Crippen LogP contribution < -0.4 is 4.74 Å². The molecule has 1 fully saturated rings. The number of halogens is 1. The molecular formula is C12H21FN2O2. The van der Waals surface area contributed by atoms with Gasteiger partial charge in [-0.05, 0) is 30.8 Å². The Hall–Kier alpha value is -1.10. The summed E-state index contributed by atoms with van der Waals surface area (Å²) in [5, 5.41) is 4.59. The Morgan fingerprint density at radius 2 is 2.12 bits per heavy atom. The summed E-state index contributed by atoms with van der Waals surface area (Å²) in [6.07, 6.45) is 1.68. The van der Waals surface area contributed by atoms with Crippen molar-refractivity contribution in [2.45, 2.75) is 33.6 Å². The average molecular weight is 244 g/mol. The van der Waals surface area contributed by atoms with Crippen molar-refractivity contribution in [2.75, 3.05) is 19.7 Å². The maximum atomic E-state index is 12.7. The summed E-state index contributed by atoms with van der Waals surface area (Å²) < 4.78 is 23.0. The predicted molar refractivity (Wildman–Crippen MR) is 63.5 cm³/mol. The smallest absolute Gasteiger partial charge is 0.254 e. The van der Waals surface area contributed by atoms with Crippen molar-refractivity contribution in [2.24, 2.45) is 5.92 Å². The molecule has 1 aromatic rings. The van der Waals surface area contributed by atoms with Gasteiger partial charge >= 0.3 is 0 Å². The monoisotopic (exact) mass is 244 g/mol. The Bertz CT molecular complexity index is 309. The van der Waals surface area contributed by atoms with Crippen molar-refractivity contribution in [3.63, 3.8) is 0 Å². The number of aromatic nitrogens is 1. The summed E-state index contributed by atoms with van der Waals surface area (Å²) in [5.74, 6) is 1.69. The maximum absolute atomic E-state index is 12.7. The lowest BCUT2D eigenvalue weighted by atomic mass is 9.99. The molecule has 0 aromatic carbocycles. The second-order valence-electron chi connectivity index (χ2n) is 3.94. The Morgan fingerprint density at radius 3 is 2.65 bits per heavy atom. The fourth-order valence-corrected chi connectivity index (χ4v) is 1.68. The van der Waals surface area contributed by atoms with Crippen LogP contribution >= 0.6 is 0 Å². The van der Waals surface area contributed by atoms with Crippen molar-refractivity contribution >= 4 is 0 Å². The Morgan fingerprint density at radius 1 is 1.47 bits per heavy atom. The van der Waals surface area contributed by atoms with Crippen LogP contribution in [-0.2, 0) is 0 Å². The molecule has 0 amide bonds. The van der Waals surface area contributed by atoms with Crippen LogP contribution in [0.15, 0.2) is 10.6 Å². The first kappa shape index (κ1) is 14.0. The van der Waals surface area contributed by atoms with Gasteiger partial charge in [0, 0.05) is 19.2 Å². The molecule has 4 nitrogen and oxygen atoms in total. The molecule has 1 aromatic heterocycles. The maximum Gasteiger partial charge on any atom is 0.254 e. The van der Waals surface area contributed by atoms with E-state index in [0.29, 0.717) is 31.5 Å². The SMILES string of the molecule is CC.Cc1cc(OCC2CCN(F)CC2)no1. The van der Waals surface area contributed by atoms with Crippen molar-refractivity contribution in [1.29, 1.82) is 0 Å². The first-order chi connectivity index (χ1) is 8.24. The molecule has 0 unspecified atom stereocenters. The van der Waals surface area contributed by atoms with Gasteiger partial charge in [0.1, 0.15) is 5.76 Å². The molecule has 0 N–H and O–H groups in total. The van der Waals surface area contributed by atoms with Gasteiger partial charge in [0.25, 0.3) is 5.88 Å².